The summed E-state index contributed by atoms with van der Waals surface area (Å²) in [6.07, 6.45) is 1.23. The highest BCUT2D eigenvalue weighted by Gasteiger charge is 2.17. The number of aromatic hydroxyl groups is 1. The average Bonchev–Trinajstić information content (AvgIpc) is 3.18. The molecule has 0 saturated heterocycles. The fourth-order valence-corrected chi connectivity index (χ4v) is 2.97. The van der Waals surface area contributed by atoms with E-state index in [0.29, 0.717) is 22.9 Å². The van der Waals surface area contributed by atoms with Gasteiger partial charge >= 0.3 is 5.69 Å². The van der Waals surface area contributed by atoms with Crippen LogP contribution in [0.5, 0.6) is 23.1 Å². The lowest BCUT2D eigenvalue weighted by molar-refractivity contribution is 0.174. The molecule has 148 valence electrons. The molecule has 0 fully saturated rings. The lowest BCUT2D eigenvalue weighted by Crippen LogP contribution is -2.31. The van der Waals surface area contributed by atoms with Crippen LogP contribution in [-0.2, 0) is 6.54 Å². The molecule has 9 nitrogen and oxygen atoms in total. The molecule has 29 heavy (non-hydrogen) atoms. The molecule has 1 aromatic heterocycles. The zero-order valence-corrected chi connectivity index (χ0v) is 15.4. The summed E-state index contributed by atoms with van der Waals surface area (Å²) < 4.78 is 16.8. The number of nitrogens with one attached hydrogen (secondary N) is 1. The maximum Gasteiger partial charge on any atom is 0.335 e. The van der Waals surface area contributed by atoms with Gasteiger partial charge in [-0.15, -0.1) is 0 Å². The maximum absolute atomic E-state index is 12.3. The fraction of sp³-hybridized carbons (Fsp3) is 0.150. The monoisotopic (exact) mass is 395 g/mol. The largest absolute Gasteiger partial charge is 0.495 e. The molecule has 0 unspecified atom stereocenters. The topological polar surface area (TPSA) is 115 Å². The van der Waals surface area contributed by atoms with E-state index in [4.69, 9.17) is 14.2 Å². The first kappa shape index (κ1) is 18.4. The van der Waals surface area contributed by atoms with E-state index in [2.05, 4.69) is 9.98 Å². The average molecular weight is 395 g/mol. The number of benzene rings is 2. The highest BCUT2D eigenvalue weighted by atomic mass is 16.7. The van der Waals surface area contributed by atoms with E-state index in [1.807, 2.05) is 6.07 Å². The molecule has 0 aliphatic carbocycles. The summed E-state index contributed by atoms with van der Waals surface area (Å²) in [6.45, 7) is 0.416. The Balaban J connectivity index is 1.68. The normalized spacial score (nSPS) is 12.4. The molecule has 2 heterocycles. The number of aromatic amines is 1. The lowest BCUT2D eigenvalue weighted by atomic mass is 10.2. The Morgan fingerprint density at radius 2 is 2.00 bits per heavy atom. The van der Waals surface area contributed by atoms with Crippen LogP contribution in [0, 0.1) is 0 Å². The molecule has 2 aromatic carbocycles. The van der Waals surface area contributed by atoms with Gasteiger partial charge in [0.2, 0.25) is 12.7 Å². The highest BCUT2D eigenvalue weighted by molar-refractivity contribution is 5.82. The number of methoxy groups -OCH3 is 1. The van der Waals surface area contributed by atoms with Crippen LogP contribution in [0.2, 0.25) is 0 Å². The molecule has 0 radical (unpaired) electrons. The van der Waals surface area contributed by atoms with Crippen LogP contribution in [0.25, 0.3) is 5.69 Å². The molecule has 0 saturated carbocycles. The van der Waals surface area contributed by atoms with Crippen molar-refractivity contribution in [2.75, 3.05) is 13.9 Å². The van der Waals surface area contributed by atoms with Gasteiger partial charge in [0, 0.05) is 6.21 Å². The number of H-pyrrole nitrogens is 1. The van der Waals surface area contributed by atoms with Crippen molar-refractivity contribution >= 4 is 6.21 Å². The first-order chi connectivity index (χ1) is 14.1. The second kappa shape index (κ2) is 7.55. The predicted molar refractivity (Wildman–Crippen MR) is 105 cm³/mol. The molecule has 0 amide bonds. The Hall–Kier alpha value is -4.01. The minimum Gasteiger partial charge on any atom is -0.495 e. The van der Waals surface area contributed by atoms with Crippen LogP contribution >= 0.6 is 0 Å². The van der Waals surface area contributed by atoms with E-state index in [1.165, 1.54) is 13.3 Å². The third-order valence-electron chi connectivity index (χ3n) is 4.38. The quantitative estimate of drug-likeness (QED) is 0.634. The van der Waals surface area contributed by atoms with E-state index in [-0.39, 0.29) is 18.9 Å². The van der Waals surface area contributed by atoms with Gasteiger partial charge in [-0.05, 0) is 29.8 Å². The molecule has 9 heteroatoms. The minimum atomic E-state index is -0.787. The van der Waals surface area contributed by atoms with Gasteiger partial charge in [0.1, 0.15) is 11.3 Å². The lowest BCUT2D eigenvalue weighted by Gasteiger charge is -2.12. The van der Waals surface area contributed by atoms with E-state index in [9.17, 15) is 14.7 Å². The standard InChI is InChI=1S/C20H17N3O6/c1-27-15-5-3-2-4-14(15)23-19(25)13(18(24)22-20(23)26)10-21-9-12-6-7-16-17(8-12)29-11-28-16/h2-8,10,25H,9,11H2,1H3,(H,22,24,26). The summed E-state index contributed by atoms with van der Waals surface area (Å²) in [7, 11) is 1.44. The molecule has 1 aliphatic heterocycles. The second-order valence-corrected chi connectivity index (χ2v) is 6.16. The number of ether oxygens (including phenoxy) is 3. The molecule has 1 aliphatic rings. The Kier molecular flexibility index (Phi) is 4.78. The second-order valence-electron chi connectivity index (χ2n) is 6.16. The van der Waals surface area contributed by atoms with Crippen molar-refractivity contribution < 1.29 is 19.3 Å². The van der Waals surface area contributed by atoms with Gasteiger partial charge < -0.3 is 19.3 Å². The highest BCUT2D eigenvalue weighted by Crippen LogP contribution is 2.32. The van der Waals surface area contributed by atoms with Gasteiger partial charge in [-0.1, -0.05) is 18.2 Å². The molecule has 3 aromatic rings. The van der Waals surface area contributed by atoms with Crippen molar-refractivity contribution in [3.63, 3.8) is 0 Å². The van der Waals surface area contributed by atoms with Gasteiger partial charge in [-0.3, -0.25) is 14.8 Å². The van der Waals surface area contributed by atoms with Crippen molar-refractivity contribution in [1.82, 2.24) is 9.55 Å². The Bertz CT molecular complexity index is 1210. The van der Waals surface area contributed by atoms with E-state index >= 15 is 0 Å². The Morgan fingerprint density at radius 3 is 2.83 bits per heavy atom. The van der Waals surface area contributed by atoms with Crippen LogP contribution in [0.1, 0.15) is 11.1 Å². The fourth-order valence-electron chi connectivity index (χ4n) is 2.97. The molecular weight excluding hydrogens is 378 g/mol. The van der Waals surface area contributed by atoms with E-state index in [1.54, 1.807) is 36.4 Å². The number of hydrogen-bond acceptors (Lipinski definition) is 7. The zero-order chi connectivity index (χ0) is 20.4. The summed E-state index contributed by atoms with van der Waals surface area (Å²) in [5.41, 5.74) is -0.548. The zero-order valence-electron chi connectivity index (χ0n) is 15.4. The van der Waals surface area contributed by atoms with Crippen LogP contribution < -0.4 is 25.5 Å². The Labute approximate surface area is 164 Å². The minimum absolute atomic E-state index is 0.142. The molecule has 0 spiro atoms. The van der Waals surface area contributed by atoms with Crippen LogP contribution in [0.3, 0.4) is 0 Å². The number of hydrogen-bond donors (Lipinski definition) is 2. The van der Waals surface area contributed by atoms with Crippen LogP contribution in [0.15, 0.2) is 57.0 Å². The molecule has 2 N–H and O–H groups in total. The van der Waals surface area contributed by atoms with Crippen molar-refractivity contribution in [3.8, 4) is 28.8 Å². The number of aromatic nitrogens is 2. The van der Waals surface area contributed by atoms with Gasteiger partial charge in [-0.2, -0.15) is 0 Å². The molecule has 0 bridgehead atoms. The van der Waals surface area contributed by atoms with Gasteiger partial charge in [0.05, 0.1) is 19.3 Å². The van der Waals surface area contributed by atoms with Crippen molar-refractivity contribution in [2.24, 2.45) is 4.99 Å². The number of para-hydroxylation sites is 2. The summed E-state index contributed by atoms with van der Waals surface area (Å²) >= 11 is 0. The summed E-state index contributed by atoms with van der Waals surface area (Å²) in [5, 5.41) is 10.6. The SMILES string of the molecule is COc1ccccc1-n1c(O)c(C=NCc2ccc3c(c2)OCO3)c(=O)[nH]c1=O. The summed E-state index contributed by atoms with van der Waals surface area (Å²) in [6, 6.07) is 12.0. The van der Waals surface area contributed by atoms with Crippen LogP contribution in [-0.4, -0.2) is 34.8 Å². The smallest absolute Gasteiger partial charge is 0.335 e. The van der Waals surface area contributed by atoms with Crippen molar-refractivity contribution in [1.29, 1.82) is 0 Å². The van der Waals surface area contributed by atoms with Gasteiger partial charge in [0.25, 0.3) is 5.56 Å². The Morgan fingerprint density at radius 1 is 1.21 bits per heavy atom. The third-order valence-corrected chi connectivity index (χ3v) is 4.38. The third kappa shape index (κ3) is 3.45. The first-order valence-electron chi connectivity index (χ1n) is 8.68. The van der Waals surface area contributed by atoms with Crippen LogP contribution in [0.4, 0.5) is 0 Å². The molecule has 4 rings (SSSR count). The van der Waals surface area contributed by atoms with Gasteiger partial charge in [0.15, 0.2) is 11.5 Å². The maximum atomic E-state index is 12.3. The van der Waals surface area contributed by atoms with Crippen molar-refractivity contribution in [3.05, 3.63) is 74.4 Å². The number of rotatable bonds is 5. The number of aliphatic imine (C=N–C) groups is 1. The number of fused-ring (bicyclic) bond motifs is 1. The van der Waals surface area contributed by atoms with Crippen molar-refractivity contribution in [2.45, 2.75) is 6.54 Å². The van der Waals surface area contributed by atoms with E-state index < -0.39 is 17.1 Å². The summed E-state index contributed by atoms with van der Waals surface area (Å²) in [5.74, 6) is 1.12. The molecular formula is C20H17N3O6. The predicted octanol–water partition coefficient (Wildman–Crippen LogP) is 1.59. The molecule has 0 atom stereocenters. The number of nitrogens with zero attached hydrogens (tertiary/aromatic N) is 2. The summed E-state index contributed by atoms with van der Waals surface area (Å²) in [4.78, 5) is 30.9. The van der Waals surface area contributed by atoms with Gasteiger partial charge in [-0.25, -0.2) is 9.36 Å². The first-order valence-corrected chi connectivity index (χ1v) is 8.68. The van der Waals surface area contributed by atoms with E-state index in [0.717, 1.165) is 10.1 Å².